The van der Waals surface area contributed by atoms with Crippen LogP contribution in [0.3, 0.4) is 0 Å². The Bertz CT molecular complexity index is 710. The molecule has 0 spiro atoms. The van der Waals surface area contributed by atoms with Gasteiger partial charge >= 0.3 is 0 Å². The van der Waals surface area contributed by atoms with Crippen molar-refractivity contribution < 1.29 is 4.79 Å². The molecule has 4 heteroatoms. The predicted octanol–water partition coefficient (Wildman–Crippen LogP) is 3.07. The zero-order chi connectivity index (χ0) is 16.4. The number of nitrogens with zero attached hydrogens (tertiary/aromatic N) is 3. The van der Waals surface area contributed by atoms with Crippen LogP contribution < -0.4 is 0 Å². The molecule has 126 valence electrons. The minimum atomic E-state index is 0.304. The van der Waals surface area contributed by atoms with E-state index in [1.54, 1.807) is 0 Å². The molecule has 2 aliphatic rings. The molecule has 1 aromatic heterocycles. The second kappa shape index (κ2) is 6.89. The van der Waals surface area contributed by atoms with Crippen LogP contribution in [0.2, 0.25) is 0 Å². The van der Waals surface area contributed by atoms with Crippen LogP contribution in [-0.2, 0) is 11.3 Å². The second-order valence-electron chi connectivity index (χ2n) is 7.08. The molecule has 24 heavy (non-hydrogen) atoms. The van der Waals surface area contributed by atoms with Gasteiger partial charge in [0.2, 0.25) is 5.91 Å². The highest BCUT2D eigenvalue weighted by Crippen LogP contribution is 2.27. The van der Waals surface area contributed by atoms with Gasteiger partial charge in [0.05, 0.1) is 5.52 Å². The first-order chi connectivity index (χ1) is 11.8. The summed E-state index contributed by atoms with van der Waals surface area (Å²) in [6.07, 6.45) is 6.51. The summed E-state index contributed by atoms with van der Waals surface area (Å²) in [6, 6.07) is 10.5. The zero-order valence-electron chi connectivity index (χ0n) is 14.2. The van der Waals surface area contributed by atoms with Crippen molar-refractivity contribution in [2.75, 3.05) is 26.2 Å². The van der Waals surface area contributed by atoms with Crippen LogP contribution in [0.1, 0.15) is 31.2 Å². The fourth-order valence-electron chi connectivity index (χ4n) is 4.09. The highest BCUT2D eigenvalue weighted by molar-refractivity contribution is 5.81. The molecule has 0 atom stereocenters. The molecular formula is C20H25N3O. The molecule has 1 amide bonds. The number of hydrogen-bond donors (Lipinski definition) is 0. The summed E-state index contributed by atoms with van der Waals surface area (Å²) >= 11 is 0. The van der Waals surface area contributed by atoms with Gasteiger partial charge in [0.25, 0.3) is 0 Å². The predicted molar refractivity (Wildman–Crippen MR) is 95.6 cm³/mol. The van der Waals surface area contributed by atoms with E-state index in [4.69, 9.17) is 0 Å². The Morgan fingerprint density at radius 2 is 1.79 bits per heavy atom. The molecule has 1 saturated carbocycles. The summed E-state index contributed by atoms with van der Waals surface area (Å²) in [7, 11) is 0. The fourth-order valence-corrected chi connectivity index (χ4v) is 4.09. The van der Waals surface area contributed by atoms with Crippen LogP contribution in [0.15, 0.2) is 36.5 Å². The van der Waals surface area contributed by atoms with Gasteiger partial charge in [0.1, 0.15) is 0 Å². The number of fused-ring (bicyclic) bond motifs is 1. The van der Waals surface area contributed by atoms with Crippen LogP contribution in [-0.4, -0.2) is 46.9 Å². The van der Waals surface area contributed by atoms with E-state index in [0.29, 0.717) is 11.8 Å². The van der Waals surface area contributed by atoms with Crippen molar-refractivity contribution in [1.82, 2.24) is 14.8 Å². The lowest BCUT2D eigenvalue weighted by molar-refractivity contribution is -0.137. The lowest BCUT2D eigenvalue weighted by atomic mass is 10.1. The van der Waals surface area contributed by atoms with E-state index in [0.717, 1.165) is 51.1 Å². The van der Waals surface area contributed by atoms with Crippen LogP contribution >= 0.6 is 0 Å². The van der Waals surface area contributed by atoms with Gasteiger partial charge in [-0.25, -0.2) is 0 Å². The largest absolute Gasteiger partial charge is 0.340 e. The Kier molecular flexibility index (Phi) is 4.48. The number of pyridine rings is 1. The molecule has 0 radical (unpaired) electrons. The Morgan fingerprint density at radius 3 is 2.58 bits per heavy atom. The average molecular weight is 323 g/mol. The molecule has 2 aromatic rings. The third-order valence-corrected chi connectivity index (χ3v) is 5.50. The molecule has 0 unspecified atom stereocenters. The number of benzene rings is 1. The van der Waals surface area contributed by atoms with Gasteiger partial charge in [-0.05, 0) is 24.5 Å². The second-order valence-corrected chi connectivity index (χ2v) is 7.08. The summed E-state index contributed by atoms with van der Waals surface area (Å²) in [4.78, 5) is 21.6. The number of para-hydroxylation sites is 1. The van der Waals surface area contributed by atoms with E-state index in [-0.39, 0.29) is 0 Å². The molecule has 2 fully saturated rings. The van der Waals surface area contributed by atoms with Gasteiger partial charge in [-0.15, -0.1) is 0 Å². The summed E-state index contributed by atoms with van der Waals surface area (Å²) in [6.45, 7) is 4.57. The Labute approximate surface area is 143 Å². The minimum absolute atomic E-state index is 0.304. The Morgan fingerprint density at radius 1 is 1.04 bits per heavy atom. The van der Waals surface area contributed by atoms with Crippen molar-refractivity contribution in [1.29, 1.82) is 0 Å². The quantitative estimate of drug-likeness (QED) is 0.871. The molecule has 1 aliphatic carbocycles. The molecule has 4 rings (SSSR count). The van der Waals surface area contributed by atoms with Gasteiger partial charge < -0.3 is 4.90 Å². The van der Waals surface area contributed by atoms with Crippen molar-refractivity contribution in [2.45, 2.75) is 32.2 Å². The van der Waals surface area contributed by atoms with E-state index in [1.807, 2.05) is 12.3 Å². The van der Waals surface area contributed by atoms with Crippen molar-refractivity contribution in [3.05, 3.63) is 42.1 Å². The van der Waals surface area contributed by atoms with E-state index in [9.17, 15) is 4.79 Å². The topological polar surface area (TPSA) is 36.4 Å². The van der Waals surface area contributed by atoms with Crippen LogP contribution in [0.25, 0.3) is 10.9 Å². The third kappa shape index (κ3) is 3.16. The Balaban J connectivity index is 1.38. The van der Waals surface area contributed by atoms with Crippen molar-refractivity contribution in [2.24, 2.45) is 5.92 Å². The molecule has 1 aromatic carbocycles. The first kappa shape index (κ1) is 15.6. The highest BCUT2D eigenvalue weighted by Gasteiger charge is 2.29. The van der Waals surface area contributed by atoms with Gasteiger partial charge in [0.15, 0.2) is 0 Å². The number of carbonyl (C=O) groups is 1. The molecule has 0 bridgehead atoms. The standard InChI is InChI=1S/C20H25N3O/c24-20(17-5-1-2-6-17)23-13-11-22(12-14-23)15-18-8-3-7-16-9-4-10-21-19(16)18/h3-4,7-10,17H,1-2,5-6,11-15H2. The van der Waals surface area contributed by atoms with E-state index < -0.39 is 0 Å². The van der Waals surface area contributed by atoms with E-state index >= 15 is 0 Å². The van der Waals surface area contributed by atoms with Gasteiger partial charge in [0, 0.05) is 50.2 Å². The lowest BCUT2D eigenvalue weighted by Gasteiger charge is -2.36. The molecule has 1 aliphatic heterocycles. The van der Waals surface area contributed by atoms with Crippen molar-refractivity contribution in [3.63, 3.8) is 0 Å². The van der Waals surface area contributed by atoms with Crippen molar-refractivity contribution >= 4 is 16.8 Å². The fraction of sp³-hybridized carbons (Fsp3) is 0.500. The normalized spacial score (nSPS) is 19.9. The number of aromatic nitrogens is 1. The summed E-state index contributed by atoms with van der Waals surface area (Å²) in [5, 5.41) is 1.20. The maximum absolute atomic E-state index is 12.5. The number of amides is 1. The zero-order valence-corrected chi connectivity index (χ0v) is 14.2. The van der Waals surface area contributed by atoms with E-state index in [2.05, 4.69) is 39.0 Å². The minimum Gasteiger partial charge on any atom is -0.340 e. The third-order valence-electron chi connectivity index (χ3n) is 5.50. The lowest BCUT2D eigenvalue weighted by Crippen LogP contribution is -2.49. The maximum Gasteiger partial charge on any atom is 0.225 e. The van der Waals surface area contributed by atoms with Crippen LogP contribution in [0.4, 0.5) is 0 Å². The molecule has 4 nitrogen and oxygen atoms in total. The van der Waals surface area contributed by atoms with Crippen LogP contribution in [0, 0.1) is 5.92 Å². The molecule has 0 N–H and O–H groups in total. The maximum atomic E-state index is 12.5. The van der Waals surface area contributed by atoms with Gasteiger partial charge in [-0.2, -0.15) is 0 Å². The number of rotatable bonds is 3. The first-order valence-corrected chi connectivity index (χ1v) is 9.15. The molecule has 2 heterocycles. The summed E-state index contributed by atoms with van der Waals surface area (Å²) in [5.41, 5.74) is 2.38. The number of piperazine rings is 1. The Hall–Kier alpha value is -1.94. The SMILES string of the molecule is O=C(C1CCCC1)N1CCN(Cc2cccc3cccnc23)CC1. The van der Waals surface area contributed by atoms with Crippen LogP contribution in [0.5, 0.6) is 0 Å². The van der Waals surface area contributed by atoms with Gasteiger partial charge in [-0.1, -0.05) is 37.1 Å². The number of carbonyl (C=O) groups excluding carboxylic acids is 1. The number of hydrogen-bond acceptors (Lipinski definition) is 3. The average Bonchev–Trinajstić information content (AvgIpc) is 3.17. The summed E-state index contributed by atoms with van der Waals surface area (Å²) < 4.78 is 0. The smallest absolute Gasteiger partial charge is 0.225 e. The summed E-state index contributed by atoms with van der Waals surface area (Å²) in [5.74, 6) is 0.706. The highest BCUT2D eigenvalue weighted by atomic mass is 16.2. The monoisotopic (exact) mass is 323 g/mol. The van der Waals surface area contributed by atoms with Crippen molar-refractivity contribution in [3.8, 4) is 0 Å². The molecular weight excluding hydrogens is 298 g/mol. The molecule has 1 saturated heterocycles. The van der Waals surface area contributed by atoms with Gasteiger partial charge in [-0.3, -0.25) is 14.7 Å². The first-order valence-electron chi connectivity index (χ1n) is 9.15. The van der Waals surface area contributed by atoms with E-state index in [1.165, 1.54) is 23.8 Å².